The molecule has 1 atom stereocenters. The van der Waals surface area contributed by atoms with E-state index in [0.29, 0.717) is 30.6 Å². The van der Waals surface area contributed by atoms with Crippen LogP contribution in [0.15, 0.2) is 35.3 Å². The zero-order chi connectivity index (χ0) is 20.8. The number of rotatable bonds is 7. The Morgan fingerprint density at radius 1 is 1.14 bits per heavy atom. The minimum Gasteiger partial charge on any atom is -0.496 e. The van der Waals surface area contributed by atoms with Gasteiger partial charge in [0.2, 0.25) is 0 Å². The van der Waals surface area contributed by atoms with E-state index in [-0.39, 0.29) is 6.10 Å². The van der Waals surface area contributed by atoms with E-state index in [0.717, 1.165) is 29.2 Å². The summed E-state index contributed by atoms with van der Waals surface area (Å²) >= 11 is 0. The first kappa shape index (κ1) is 20.6. The molecule has 1 aliphatic heterocycles. The molecule has 2 N–H and O–H groups in total. The largest absolute Gasteiger partial charge is 0.496 e. The van der Waals surface area contributed by atoms with Crippen molar-refractivity contribution in [3.05, 3.63) is 41.5 Å². The summed E-state index contributed by atoms with van der Waals surface area (Å²) in [5, 5.41) is 6.59. The number of anilines is 1. The molecule has 7 heteroatoms. The van der Waals surface area contributed by atoms with Crippen molar-refractivity contribution in [2.75, 3.05) is 33.2 Å². The maximum atomic E-state index is 5.88. The summed E-state index contributed by atoms with van der Waals surface area (Å²) in [6.45, 7) is 5.14. The third-order valence-electron chi connectivity index (χ3n) is 4.70. The van der Waals surface area contributed by atoms with Gasteiger partial charge in [0.05, 0.1) is 20.8 Å². The van der Waals surface area contributed by atoms with Crippen LogP contribution in [0.25, 0.3) is 0 Å². The fourth-order valence-electron chi connectivity index (χ4n) is 3.32. The predicted molar refractivity (Wildman–Crippen MR) is 115 cm³/mol. The van der Waals surface area contributed by atoms with Gasteiger partial charge < -0.3 is 29.6 Å². The third kappa shape index (κ3) is 4.85. The van der Waals surface area contributed by atoms with Gasteiger partial charge in [0.25, 0.3) is 0 Å². The van der Waals surface area contributed by atoms with Gasteiger partial charge in [0, 0.05) is 42.9 Å². The van der Waals surface area contributed by atoms with Gasteiger partial charge in [-0.2, -0.15) is 0 Å². The van der Waals surface area contributed by atoms with E-state index in [1.807, 2.05) is 31.2 Å². The highest BCUT2D eigenvalue weighted by atomic mass is 16.5. The van der Waals surface area contributed by atoms with Crippen molar-refractivity contribution < 1.29 is 18.9 Å². The second kappa shape index (κ2) is 9.41. The summed E-state index contributed by atoms with van der Waals surface area (Å²) in [6.07, 6.45) is 1.10. The lowest BCUT2D eigenvalue weighted by Crippen LogP contribution is -2.30. The molecule has 1 aliphatic rings. The van der Waals surface area contributed by atoms with Crippen molar-refractivity contribution in [3.8, 4) is 23.0 Å². The molecule has 7 nitrogen and oxygen atoms in total. The number of fused-ring (bicyclic) bond motifs is 1. The molecular formula is C22H29N3O4. The van der Waals surface area contributed by atoms with Crippen molar-refractivity contribution >= 4 is 11.6 Å². The number of nitrogens with zero attached hydrogens (tertiary/aromatic N) is 1. The molecule has 1 unspecified atom stereocenters. The van der Waals surface area contributed by atoms with E-state index < -0.39 is 0 Å². The quantitative estimate of drug-likeness (QED) is 0.547. The van der Waals surface area contributed by atoms with Crippen LogP contribution in [-0.4, -0.2) is 39.9 Å². The van der Waals surface area contributed by atoms with Crippen LogP contribution in [-0.2, 0) is 13.0 Å². The molecule has 0 amide bonds. The molecule has 1 heterocycles. The number of methoxy groups -OCH3 is 2. The van der Waals surface area contributed by atoms with Crippen LogP contribution in [0.1, 0.15) is 25.0 Å². The van der Waals surface area contributed by atoms with Crippen LogP contribution in [0.2, 0.25) is 0 Å². The first-order valence-electron chi connectivity index (χ1n) is 9.72. The van der Waals surface area contributed by atoms with Gasteiger partial charge in [-0.25, -0.2) is 0 Å². The van der Waals surface area contributed by atoms with Crippen LogP contribution >= 0.6 is 0 Å². The normalized spacial score (nSPS) is 15.3. The average Bonchev–Trinajstić information content (AvgIpc) is 3.10. The number of benzene rings is 2. The van der Waals surface area contributed by atoms with Gasteiger partial charge >= 0.3 is 0 Å². The second-order valence-electron chi connectivity index (χ2n) is 6.75. The standard InChI is InChI=1S/C22H29N3O4/c1-6-28-18-8-7-17(12-21(18)27-5)25-22(23-3)24-13-16-11-20-15(9-14(2)29-20)10-19(16)26-4/h7-8,10-12,14H,6,9,13H2,1-5H3,(H2,23,24,25). The number of hydrogen-bond donors (Lipinski definition) is 2. The highest BCUT2D eigenvalue weighted by Crippen LogP contribution is 2.35. The maximum absolute atomic E-state index is 5.88. The lowest BCUT2D eigenvalue weighted by Gasteiger charge is -2.16. The third-order valence-corrected chi connectivity index (χ3v) is 4.70. The molecule has 156 valence electrons. The summed E-state index contributed by atoms with van der Waals surface area (Å²) in [5.74, 6) is 3.77. The van der Waals surface area contributed by atoms with Crippen molar-refractivity contribution in [1.29, 1.82) is 0 Å². The maximum Gasteiger partial charge on any atom is 0.195 e. The van der Waals surface area contributed by atoms with Gasteiger partial charge in [0.15, 0.2) is 17.5 Å². The smallest absolute Gasteiger partial charge is 0.195 e. The van der Waals surface area contributed by atoms with E-state index in [4.69, 9.17) is 18.9 Å². The van der Waals surface area contributed by atoms with E-state index >= 15 is 0 Å². The van der Waals surface area contributed by atoms with Crippen LogP contribution in [0.3, 0.4) is 0 Å². The van der Waals surface area contributed by atoms with Gasteiger partial charge in [-0.05, 0) is 38.1 Å². The molecular weight excluding hydrogens is 370 g/mol. The highest BCUT2D eigenvalue weighted by molar-refractivity contribution is 5.93. The summed E-state index contributed by atoms with van der Waals surface area (Å²) in [7, 11) is 5.04. The Bertz CT molecular complexity index is 883. The van der Waals surface area contributed by atoms with Crippen LogP contribution in [0, 0.1) is 0 Å². The second-order valence-corrected chi connectivity index (χ2v) is 6.75. The molecule has 0 radical (unpaired) electrons. The molecule has 0 spiro atoms. The van der Waals surface area contributed by atoms with E-state index in [2.05, 4.69) is 28.6 Å². The SMILES string of the molecule is CCOc1ccc(NC(=NC)NCc2cc3c(cc2OC)CC(C)O3)cc1OC. The minimum absolute atomic E-state index is 0.196. The number of ether oxygens (including phenoxy) is 4. The fraction of sp³-hybridized carbons (Fsp3) is 0.409. The Kier molecular flexibility index (Phi) is 6.69. The van der Waals surface area contributed by atoms with Crippen LogP contribution < -0.4 is 29.6 Å². The van der Waals surface area contributed by atoms with E-state index in [1.54, 1.807) is 21.3 Å². The molecule has 0 aromatic heterocycles. The topological polar surface area (TPSA) is 73.3 Å². The van der Waals surface area contributed by atoms with Crippen molar-refractivity contribution in [1.82, 2.24) is 5.32 Å². The van der Waals surface area contributed by atoms with Gasteiger partial charge in [0.1, 0.15) is 17.6 Å². The summed E-state index contributed by atoms with van der Waals surface area (Å²) in [5.41, 5.74) is 3.03. The van der Waals surface area contributed by atoms with Gasteiger partial charge in [-0.3, -0.25) is 4.99 Å². The first-order chi connectivity index (χ1) is 14.1. The Balaban J connectivity index is 1.69. The molecule has 0 aliphatic carbocycles. The lowest BCUT2D eigenvalue weighted by atomic mass is 10.1. The molecule has 0 saturated heterocycles. The molecule has 2 aromatic rings. The number of aliphatic imine (C=N–C) groups is 1. The Labute approximate surface area is 172 Å². The van der Waals surface area contributed by atoms with Crippen LogP contribution in [0.5, 0.6) is 23.0 Å². The van der Waals surface area contributed by atoms with Gasteiger partial charge in [-0.15, -0.1) is 0 Å². The molecule has 3 rings (SSSR count). The molecule has 0 fully saturated rings. The van der Waals surface area contributed by atoms with Crippen LogP contribution in [0.4, 0.5) is 5.69 Å². The number of nitrogens with one attached hydrogen (secondary N) is 2. The Hall–Kier alpha value is -3.09. The molecule has 29 heavy (non-hydrogen) atoms. The molecule has 2 aromatic carbocycles. The van der Waals surface area contributed by atoms with Crippen molar-refractivity contribution in [2.24, 2.45) is 4.99 Å². The Morgan fingerprint density at radius 2 is 1.93 bits per heavy atom. The van der Waals surface area contributed by atoms with E-state index in [9.17, 15) is 0 Å². The first-order valence-corrected chi connectivity index (χ1v) is 9.72. The minimum atomic E-state index is 0.196. The van der Waals surface area contributed by atoms with Crippen molar-refractivity contribution in [2.45, 2.75) is 32.9 Å². The summed E-state index contributed by atoms with van der Waals surface area (Å²) in [6, 6.07) is 9.77. The number of hydrogen-bond acceptors (Lipinski definition) is 5. The fourth-order valence-corrected chi connectivity index (χ4v) is 3.32. The Morgan fingerprint density at radius 3 is 2.62 bits per heavy atom. The monoisotopic (exact) mass is 399 g/mol. The lowest BCUT2D eigenvalue weighted by molar-refractivity contribution is 0.254. The van der Waals surface area contributed by atoms with E-state index in [1.165, 1.54) is 5.56 Å². The summed E-state index contributed by atoms with van der Waals surface area (Å²) < 4.78 is 22.4. The zero-order valence-corrected chi connectivity index (χ0v) is 17.7. The average molecular weight is 399 g/mol. The predicted octanol–water partition coefficient (Wildman–Crippen LogP) is 3.61. The molecule has 0 saturated carbocycles. The number of guanidine groups is 1. The molecule has 0 bridgehead atoms. The van der Waals surface area contributed by atoms with Crippen molar-refractivity contribution in [3.63, 3.8) is 0 Å². The zero-order valence-electron chi connectivity index (χ0n) is 17.7. The van der Waals surface area contributed by atoms with Gasteiger partial charge in [-0.1, -0.05) is 0 Å². The summed E-state index contributed by atoms with van der Waals surface area (Å²) in [4.78, 5) is 4.30. The highest BCUT2D eigenvalue weighted by Gasteiger charge is 2.21.